The Morgan fingerprint density at radius 1 is 1.22 bits per heavy atom. The maximum atomic E-state index is 12.6. The van der Waals surface area contributed by atoms with Crippen molar-refractivity contribution < 1.29 is 33.8 Å². The molecule has 0 aromatic heterocycles. The molecule has 3 atom stereocenters. The van der Waals surface area contributed by atoms with Crippen molar-refractivity contribution in [2.45, 2.75) is 38.5 Å². The first-order valence-corrected chi connectivity index (χ1v) is 8.32. The molecule has 0 bridgehead atoms. The van der Waals surface area contributed by atoms with E-state index in [1.54, 1.807) is 26.0 Å². The number of hydrogen-bond acceptors (Lipinski definition) is 8. The molecule has 4 N–H and O–H groups in total. The van der Waals surface area contributed by atoms with Crippen LogP contribution in [0.2, 0.25) is 0 Å². The van der Waals surface area contributed by atoms with Crippen LogP contribution in [0.15, 0.2) is 23.4 Å². The van der Waals surface area contributed by atoms with E-state index < -0.39 is 41.9 Å². The van der Waals surface area contributed by atoms with Gasteiger partial charge >= 0.3 is 11.9 Å². The van der Waals surface area contributed by atoms with Crippen LogP contribution in [0.1, 0.15) is 20.3 Å². The van der Waals surface area contributed by atoms with Crippen LogP contribution in [0, 0.1) is 0 Å². The van der Waals surface area contributed by atoms with Crippen LogP contribution in [0.3, 0.4) is 0 Å². The number of carbonyl (C=O) groups excluding carboxylic acids is 4. The molecular formula is C17H25N3O7. The van der Waals surface area contributed by atoms with Crippen LogP contribution in [-0.4, -0.2) is 67.8 Å². The predicted octanol–water partition coefficient (Wildman–Crippen LogP) is -1.49. The van der Waals surface area contributed by atoms with Crippen LogP contribution < -0.4 is 16.0 Å². The molecule has 0 spiro atoms. The van der Waals surface area contributed by atoms with Gasteiger partial charge in [-0.2, -0.15) is 0 Å². The van der Waals surface area contributed by atoms with E-state index in [0.717, 1.165) is 14.2 Å². The Morgan fingerprint density at radius 2 is 1.85 bits per heavy atom. The minimum atomic E-state index is -1.97. The number of allylic oxidation sites excluding steroid dienone is 1. The first-order valence-electron chi connectivity index (χ1n) is 8.32. The van der Waals surface area contributed by atoms with Crippen molar-refractivity contribution in [1.29, 1.82) is 0 Å². The molecule has 0 saturated heterocycles. The summed E-state index contributed by atoms with van der Waals surface area (Å²) in [6.45, 7) is 3.95. The molecule has 0 aliphatic carbocycles. The topological polar surface area (TPSA) is 143 Å². The molecular weight excluding hydrogens is 358 g/mol. The van der Waals surface area contributed by atoms with Crippen molar-refractivity contribution >= 4 is 23.8 Å². The van der Waals surface area contributed by atoms with Gasteiger partial charge in [0.2, 0.25) is 5.91 Å². The fourth-order valence-corrected chi connectivity index (χ4v) is 2.25. The number of aliphatic hydroxyl groups is 1. The Balaban J connectivity index is 3.02. The van der Waals surface area contributed by atoms with Gasteiger partial charge in [0.1, 0.15) is 11.7 Å². The first-order chi connectivity index (χ1) is 12.8. The predicted molar refractivity (Wildman–Crippen MR) is 94.0 cm³/mol. The summed E-state index contributed by atoms with van der Waals surface area (Å²) in [6.07, 6.45) is 1.91. The Kier molecular flexibility index (Phi) is 8.63. The Morgan fingerprint density at radius 3 is 2.33 bits per heavy atom. The Bertz CT molecular complexity index is 657. The summed E-state index contributed by atoms with van der Waals surface area (Å²) in [4.78, 5) is 48.4. The molecule has 27 heavy (non-hydrogen) atoms. The van der Waals surface area contributed by atoms with E-state index in [1.807, 2.05) is 0 Å². The normalized spacial score (nSPS) is 18.8. The number of ether oxygens (including phenoxy) is 2. The number of rotatable bonds is 8. The van der Waals surface area contributed by atoms with E-state index >= 15 is 0 Å². The van der Waals surface area contributed by atoms with Crippen molar-refractivity contribution in [3.05, 3.63) is 23.4 Å². The quantitative estimate of drug-likeness (QED) is 0.225. The van der Waals surface area contributed by atoms with Crippen LogP contribution >= 0.6 is 0 Å². The molecule has 1 heterocycles. The standard InChI is InChI=1S/C17H25N3O7/c1-5-9(2)11(19-14(22)10-7-6-8-18-10)15(23)20-12(16(24)26-3)13(21)17(25)27-4/h6-7,10,12-13,18,21H,5,8H2,1-4H3,(H,19,22)(H,20,23)/b11-9+/t10-,12-,13+/m0/s1. The lowest BCUT2D eigenvalue weighted by atomic mass is 10.1. The Hall–Kier alpha value is -2.72. The second kappa shape index (κ2) is 10.4. The van der Waals surface area contributed by atoms with Crippen molar-refractivity contribution in [2.75, 3.05) is 20.8 Å². The minimum Gasteiger partial charge on any atom is -0.467 e. The van der Waals surface area contributed by atoms with Crippen molar-refractivity contribution in [3.63, 3.8) is 0 Å². The molecule has 0 unspecified atom stereocenters. The molecule has 0 radical (unpaired) electrons. The highest BCUT2D eigenvalue weighted by Gasteiger charge is 2.36. The van der Waals surface area contributed by atoms with Gasteiger partial charge in [-0.15, -0.1) is 0 Å². The fourth-order valence-electron chi connectivity index (χ4n) is 2.25. The van der Waals surface area contributed by atoms with E-state index in [0.29, 0.717) is 18.5 Å². The largest absolute Gasteiger partial charge is 0.467 e. The molecule has 2 amide bonds. The second-order valence-electron chi connectivity index (χ2n) is 5.75. The second-order valence-corrected chi connectivity index (χ2v) is 5.75. The summed E-state index contributed by atoms with van der Waals surface area (Å²) in [5.41, 5.74) is 0.467. The zero-order chi connectivity index (χ0) is 20.6. The van der Waals surface area contributed by atoms with Crippen LogP contribution in [-0.2, 0) is 28.7 Å². The number of nitrogens with one attached hydrogen (secondary N) is 3. The number of aliphatic hydroxyl groups excluding tert-OH is 1. The van der Waals surface area contributed by atoms with E-state index in [4.69, 9.17) is 0 Å². The third kappa shape index (κ3) is 5.90. The number of carbonyl (C=O) groups is 4. The van der Waals surface area contributed by atoms with Gasteiger partial charge in [-0.3, -0.25) is 14.9 Å². The van der Waals surface area contributed by atoms with E-state index in [2.05, 4.69) is 25.4 Å². The molecule has 0 aromatic carbocycles. The Labute approximate surface area is 157 Å². The molecule has 0 fully saturated rings. The lowest BCUT2D eigenvalue weighted by Crippen LogP contribution is -2.54. The smallest absolute Gasteiger partial charge is 0.337 e. The average molecular weight is 383 g/mol. The highest BCUT2D eigenvalue weighted by molar-refractivity contribution is 6.02. The third-order valence-electron chi connectivity index (χ3n) is 4.00. The van der Waals surface area contributed by atoms with Gasteiger partial charge < -0.3 is 25.2 Å². The molecule has 0 saturated carbocycles. The molecule has 10 heteroatoms. The lowest BCUT2D eigenvalue weighted by molar-refractivity contribution is -0.160. The summed E-state index contributed by atoms with van der Waals surface area (Å²) in [5, 5.41) is 17.6. The maximum absolute atomic E-state index is 12.6. The molecule has 10 nitrogen and oxygen atoms in total. The van der Waals surface area contributed by atoms with Crippen molar-refractivity contribution in [3.8, 4) is 0 Å². The summed E-state index contributed by atoms with van der Waals surface area (Å²) >= 11 is 0. The van der Waals surface area contributed by atoms with Gasteiger partial charge in [-0.1, -0.05) is 19.1 Å². The molecule has 0 aromatic rings. The highest BCUT2D eigenvalue weighted by atomic mass is 16.5. The summed E-state index contributed by atoms with van der Waals surface area (Å²) < 4.78 is 8.90. The average Bonchev–Trinajstić information content (AvgIpc) is 3.22. The molecule has 1 aliphatic rings. The van der Waals surface area contributed by atoms with E-state index in [1.165, 1.54) is 0 Å². The SMILES string of the molecule is CC/C(C)=C(/NC(=O)[C@@H]1C=CCN1)C(=O)N[C@H](C(=O)OC)[C@@H](O)C(=O)OC. The zero-order valence-electron chi connectivity index (χ0n) is 15.7. The van der Waals surface area contributed by atoms with Gasteiger partial charge in [-0.25, -0.2) is 9.59 Å². The number of hydrogen-bond donors (Lipinski definition) is 4. The van der Waals surface area contributed by atoms with Gasteiger partial charge in [-0.05, 0) is 18.9 Å². The number of esters is 2. The monoisotopic (exact) mass is 383 g/mol. The highest BCUT2D eigenvalue weighted by Crippen LogP contribution is 2.09. The van der Waals surface area contributed by atoms with Gasteiger partial charge in [0.25, 0.3) is 5.91 Å². The fraction of sp³-hybridized carbons (Fsp3) is 0.529. The third-order valence-corrected chi connectivity index (χ3v) is 4.00. The van der Waals surface area contributed by atoms with E-state index in [-0.39, 0.29) is 5.70 Å². The van der Waals surface area contributed by atoms with Crippen LogP contribution in [0.4, 0.5) is 0 Å². The van der Waals surface area contributed by atoms with E-state index in [9.17, 15) is 24.3 Å². The van der Waals surface area contributed by atoms with Crippen molar-refractivity contribution in [2.24, 2.45) is 0 Å². The summed E-state index contributed by atoms with van der Waals surface area (Å²) in [5.74, 6) is -3.46. The van der Waals surface area contributed by atoms with Crippen molar-refractivity contribution in [1.82, 2.24) is 16.0 Å². The summed E-state index contributed by atoms with van der Waals surface area (Å²) in [6, 6.07) is -2.29. The number of methoxy groups -OCH3 is 2. The minimum absolute atomic E-state index is 0.0735. The molecule has 1 aliphatic heterocycles. The maximum Gasteiger partial charge on any atom is 0.337 e. The van der Waals surface area contributed by atoms with Gasteiger partial charge in [0, 0.05) is 6.54 Å². The lowest BCUT2D eigenvalue weighted by Gasteiger charge is -2.22. The summed E-state index contributed by atoms with van der Waals surface area (Å²) in [7, 11) is 2.07. The molecule has 150 valence electrons. The first kappa shape index (κ1) is 22.3. The van der Waals surface area contributed by atoms with Gasteiger partial charge in [0.05, 0.1) is 14.2 Å². The zero-order valence-corrected chi connectivity index (χ0v) is 15.7. The van der Waals surface area contributed by atoms with Gasteiger partial charge in [0.15, 0.2) is 12.1 Å². The number of amides is 2. The van der Waals surface area contributed by atoms with Crippen LogP contribution in [0.25, 0.3) is 0 Å². The van der Waals surface area contributed by atoms with Crippen LogP contribution in [0.5, 0.6) is 0 Å². The molecule has 1 rings (SSSR count).